The summed E-state index contributed by atoms with van der Waals surface area (Å²) < 4.78 is 1.68. The van der Waals surface area contributed by atoms with Crippen LogP contribution in [0.1, 0.15) is 38.5 Å². The maximum Gasteiger partial charge on any atom is 0.274 e. The molecule has 0 spiro atoms. The molecule has 0 saturated heterocycles. The Hall–Kier alpha value is -1.16. The fourth-order valence-electron chi connectivity index (χ4n) is 3.37. The summed E-state index contributed by atoms with van der Waals surface area (Å²) in [6, 6.07) is 7.70. The molecule has 112 valence electrons. The van der Waals surface area contributed by atoms with Gasteiger partial charge in [-0.2, -0.15) is 5.10 Å². The highest BCUT2D eigenvalue weighted by molar-refractivity contribution is 9.09. The van der Waals surface area contributed by atoms with Crippen LogP contribution in [0.15, 0.2) is 35.3 Å². The third-order valence-corrected chi connectivity index (χ3v) is 5.88. The van der Waals surface area contributed by atoms with Gasteiger partial charge in [-0.25, -0.2) is 4.68 Å². The second-order valence-electron chi connectivity index (χ2n) is 6.24. The van der Waals surface area contributed by atoms with Gasteiger partial charge < -0.3 is 0 Å². The van der Waals surface area contributed by atoms with Gasteiger partial charge in [0.1, 0.15) is 0 Å². The summed E-state index contributed by atoms with van der Waals surface area (Å²) in [6.45, 7) is 0.724. The topological polar surface area (TPSA) is 34.9 Å². The second kappa shape index (κ2) is 6.30. The standard InChI is InChI=1S/C17H21BrN2O/c18-12-17(9-5-1-2-6-10-17)13-20-16(21)15-8-4-3-7-14(15)11-19-20/h3-4,7-8,11H,1-2,5-6,9-10,12-13H2. The molecule has 0 atom stereocenters. The number of benzene rings is 1. The van der Waals surface area contributed by atoms with Gasteiger partial charge in [0, 0.05) is 10.7 Å². The van der Waals surface area contributed by atoms with Crippen molar-refractivity contribution in [3.05, 3.63) is 40.8 Å². The first-order chi connectivity index (χ1) is 10.2. The average molecular weight is 349 g/mol. The number of nitrogens with zero attached hydrogens (tertiary/aromatic N) is 2. The Morgan fingerprint density at radius 1 is 1.14 bits per heavy atom. The lowest BCUT2D eigenvalue weighted by molar-refractivity contribution is 0.228. The van der Waals surface area contributed by atoms with E-state index in [-0.39, 0.29) is 11.0 Å². The number of rotatable bonds is 3. The highest BCUT2D eigenvalue weighted by Gasteiger charge is 2.31. The molecule has 1 aliphatic carbocycles. The van der Waals surface area contributed by atoms with E-state index < -0.39 is 0 Å². The minimum absolute atomic E-state index is 0.0395. The van der Waals surface area contributed by atoms with E-state index in [9.17, 15) is 4.79 Å². The van der Waals surface area contributed by atoms with Crippen molar-refractivity contribution in [1.29, 1.82) is 0 Å². The quantitative estimate of drug-likeness (QED) is 0.617. The van der Waals surface area contributed by atoms with Crippen molar-refractivity contribution in [2.24, 2.45) is 5.41 Å². The zero-order chi connectivity index (χ0) is 14.7. The van der Waals surface area contributed by atoms with Crippen molar-refractivity contribution in [3.8, 4) is 0 Å². The van der Waals surface area contributed by atoms with Crippen molar-refractivity contribution < 1.29 is 0 Å². The molecule has 0 amide bonds. The number of hydrogen-bond donors (Lipinski definition) is 0. The van der Waals surface area contributed by atoms with Crippen LogP contribution in [0, 0.1) is 5.41 Å². The Bertz CT molecular complexity index is 672. The largest absolute Gasteiger partial charge is 0.274 e. The normalized spacial score (nSPS) is 18.5. The first-order valence-electron chi connectivity index (χ1n) is 7.75. The van der Waals surface area contributed by atoms with Crippen LogP contribution in [-0.2, 0) is 6.54 Å². The first kappa shape index (κ1) is 14.8. The van der Waals surface area contributed by atoms with Crippen molar-refractivity contribution >= 4 is 26.7 Å². The summed E-state index contributed by atoms with van der Waals surface area (Å²) in [4.78, 5) is 12.6. The lowest BCUT2D eigenvalue weighted by Crippen LogP contribution is -2.35. The van der Waals surface area contributed by atoms with Gasteiger partial charge in [-0.1, -0.05) is 59.8 Å². The molecule has 1 aromatic heterocycles. The predicted molar refractivity (Wildman–Crippen MR) is 89.9 cm³/mol. The van der Waals surface area contributed by atoms with Gasteiger partial charge in [0.05, 0.1) is 18.1 Å². The maximum absolute atomic E-state index is 12.6. The molecule has 3 rings (SSSR count). The van der Waals surface area contributed by atoms with Crippen LogP contribution in [0.2, 0.25) is 0 Å². The molecule has 0 aliphatic heterocycles. The summed E-state index contributed by atoms with van der Waals surface area (Å²) in [5.74, 6) is 0. The lowest BCUT2D eigenvalue weighted by Gasteiger charge is -2.30. The Balaban J connectivity index is 1.96. The van der Waals surface area contributed by atoms with Gasteiger partial charge >= 0.3 is 0 Å². The molecule has 0 radical (unpaired) electrons. The molecule has 21 heavy (non-hydrogen) atoms. The molecule has 1 fully saturated rings. The van der Waals surface area contributed by atoms with Crippen LogP contribution in [0.4, 0.5) is 0 Å². The Labute approximate surface area is 133 Å². The summed E-state index contributed by atoms with van der Waals surface area (Å²) in [5.41, 5.74) is 0.216. The molecule has 2 aromatic rings. The highest BCUT2D eigenvalue weighted by Crippen LogP contribution is 2.37. The van der Waals surface area contributed by atoms with Crippen molar-refractivity contribution in [2.75, 3.05) is 5.33 Å². The molecule has 4 heteroatoms. The van der Waals surface area contributed by atoms with E-state index in [1.807, 2.05) is 30.5 Å². The Morgan fingerprint density at radius 2 is 1.86 bits per heavy atom. The molecule has 1 saturated carbocycles. The number of alkyl halides is 1. The minimum atomic E-state index is 0.0395. The third kappa shape index (κ3) is 3.05. The summed E-state index contributed by atoms with van der Waals surface area (Å²) in [7, 11) is 0. The van der Waals surface area contributed by atoms with Crippen LogP contribution < -0.4 is 5.56 Å². The van der Waals surface area contributed by atoms with Gasteiger partial charge in [0.25, 0.3) is 5.56 Å². The first-order valence-corrected chi connectivity index (χ1v) is 8.87. The Morgan fingerprint density at radius 3 is 2.57 bits per heavy atom. The molecule has 1 heterocycles. The van der Waals surface area contributed by atoms with Gasteiger partial charge in [-0.05, 0) is 24.3 Å². The fourth-order valence-corrected chi connectivity index (χ4v) is 4.11. The van der Waals surface area contributed by atoms with Crippen LogP contribution in [0.3, 0.4) is 0 Å². The van der Waals surface area contributed by atoms with Gasteiger partial charge in [0.2, 0.25) is 0 Å². The van der Waals surface area contributed by atoms with E-state index in [2.05, 4.69) is 21.0 Å². The molecular formula is C17H21BrN2O. The summed E-state index contributed by atoms with van der Waals surface area (Å²) >= 11 is 3.69. The minimum Gasteiger partial charge on any atom is -0.267 e. The molecule has 1 aliphatic rings. The highest BCUT2D eigenvalue weighted by atomic mass is 79.9. The molecule has 0 unspecified atom stereocenters. The van der Waals surface area contributed by atoms with Crippen LogP contribution >= 0.6 is 15.9 Å². The monoisotopic (exact) mass is 348 g/mol. The van der Waals surface area contributed by atoms with E-state index in [4.69, 9.17) is 0 Å². The zero-order valence-electron chi connectivity index (χ0n) is 12.2. The second-order valence-corrected chi connectivity index (χ2v) is 6.80. The smallest absolute Gasteiger partial charge is 0.267 e. The SMILES string of the molecule is O=c1c2ccccc2cnn1CC1(CBr)CCCCCC1. The molecule has 0 bridgehead atoms. The van der Waals surface area contributed by atoms with Crippen LogP contribution in [0.5, 0.6) is 0 Å². The number of halogens is 1. The van der Waals surface area contributed by atoms with Gasteiger partial charge in [-0.3, -0.25) is 4.79 Å². The van der Waals surface area contributed by atoms with Crippen molar-refractivity contribution in [3.63, 3.8) is 0 Å². The van der Waals surface area contributed by atoms with Gasteiger partial charge in [0.15, 0.2) is 0 Å². The lowest BCUT2D eigenvalue weighted by atomic mass is 9.82. The van der Waals surface area contributed by atoms with E-state index in [1.165, 1.54) is 38.5 Å². The predicted octanol–water partition coefficient (Wildman–Crippen LogP) is 4.13. The molecule has 3 nitrogen and oxygen atoms in total. The number of hydrogen-bond acceptors (Lipinski definition) is 2. The van der Waals surface area contributed by atoms with Crippen molar-refractivity contribution in [2.45, 2.75) is 45.1 Å². The maximum atomic E-state index is 12.6. The van der Waals surface area contributed by atoms with Crippen LogP contribution in [-0.4, -0.2) is 15.1 Å². The van der Waals surface area contributed by atoms with E-state index >= 15 is 0 Å². The molecule has 0 N–H and O–H groups in total. The zero-order valence-corrected chi connectivity index (χ0v) is 13.8. The summed E-state index contributed by atoms with van der Waals surface area (Å²) in [5, 5.41) is 7.05. The Kier molecular flexibility index (Phi) is 4.43. The third-order valence-electron chi connectivity index (χ3n) is 4.69. The van der Waals surface area contributed by atoms with E-state index in [0.29, 0.717) is 0 Å². The van der Waals surface area contributed by atoms with Gasteiger partial charge in [-0.15, -0.1) is 0 Å². The number of aromatic nitrogens is 2. The average Bonchev–Trinajstić information content (AvgIpc) is 2.77. The van der Waals surface area contributed by atoms with Crippen LogP contribution in [0.25, 0.3) is 10.8 Å². The molecular weight excluding hydrogens is 328 g/mol. The fraction of sp³-hybridized carbons (Fsp3) is 0.529. The van der Waals surface area contributed by atoms with E-state index in [0.717, 1.165) is 22.6 Å². The number of fused-ring (bicyclic) bond motifs is 1. The molecule has 1 aromatic carbocycles. The van der Waals surface area contributed by atoms with Crippen molar-refractivity contribution in [1.82, 2.24) is 9.78 Å². The van der Waals surface area contributed by atoms with E-state index in [1.54, 1.807) is 4.68 Å². The summed E-state index contributed by atoms with van der Waals surface area (Å²) in [6.07, 6.45) is 9.32.